The van der Waals surface area contributed by atoms with Gasteiger partial charge in [0.15, 0.2) is 0 Å². The van der Waals surface area contributed by atoms with Gasteiger partial charge in [0.2, 0.25) is 0 Å². The van der Waals surface area contributed by atoms with Crippen LogP contribution < -0.4 is 5.32 Å². The molecule has 22 heavy (non-hydrogen) atoms. The molecule has 0 aliphatic carbocycles. The number of carbonyl (C=O) groups is 1. The quantitative estimate of drug-likeness (QED) is 0.922. The van der Waals surface area contributed by atoms with E-state index in [0.29, 0.717) is 17.7 Å². The molecular weight excluding hydrogens is 274 g/mol. The first-order valence-corrected chi connectivity index (χ1v) is 7.11. The Kier molecular flexibility index (Phi) is 5.29. The first kappa shape index (κ1) is 15.7. The highest BCUT2D eigenvalue weighted by Crippen LogP contribution is 2.17. The first-order chi connectivity index (χ1) is 10.6. The fourth-order valence-electron chi connectivity index (χ4n) is 2.30. The molecule has 2 aromatic rings. The Morgan fingerprint density at radius 2 is 1.91 bits per heavy atom. The summed E-state index contributed by atoms with van der Waals surface area (Å²) in [7, 11) is 3.97. The SMILES string of the molecule is CN(C)[C@H](CNC(=O)c1cccc(C#N)c1)c1ccccc1. The number of hydrogen-bond acceptors (Lipinski definition) is 3. The van der Waals surface area contributed by atoms with E-state index in [1.165, 1.54) is 0 Å². The van der Waals surface area contributed by atoms with Gasteiger partial charge in [0, 0.05) is 12.1 Å². The second-order valence-electron chi connectivity index (χ2n) is 5.29. The number of benzene rings is 2. The number of hydrogen-bond donors (Lipinski definition) is 1. The zero-order valence-electron chi connectivity index (χ0n) is 12.8. The van der Waals surface area contributed by atoms with Crippen LogP contribution in [0.1, 0.15) is 27.5 Å². The van der Waals surface area contributed by atoms with Crippen LogP contribution >= 0.6 is 0 Å². The van der Waals surface area contributed by atoms with Crippen molar-refractivity contribution in [3.05, 3.63) is 71.3 Å². The van der Waals surface area contributed by atoms with Crippen molar-refractivity contribution in [1.82, 2.24) is 10.2 Å². The minimum absolute atomic E-state index is 0.101. The first-order valence-electron chi connectivity index (χ1n) is 7.11. The third kappa shape index (κ3) is 3.94. The predicted molar refractivity (Wildman–Crippen MR) is 86.4 cm³/mol. The molecule has 0 bridgehead atoms. The third-order valence-corrected chi connectivity index (χ3v) is 3.52. The molecule has 2 aromatic carbocycles. The molecule has 1 atom stereocenters. The molecule has 0 aromatic heterocycles. The van der Waals surface area contributed by atoms with Crippen molar-refractivity contribution >= 4 is 5.91 Å². The molecule has 0 fully saturated rings. The fourth-order valence-corrected chi connectivity index (χ4v) is 2.30. The van der Waals surface area contributed by atoms with Crippen molar-refractivity contribution in [1.29, 1.82) is 5.26 Å². The van der Waals surface area contributed by atoms with Gasteiger partial charge >= 0.3 is 0 Å². The molecule has 0 saturated heterocycles. The zero-order valence-corrected chi connectivity index (χ0v) is 12.8. The monoisotopic (exact) mass is 293 g/mol. The number of nitriles is 1. The number of likely N-dealkylation sites (N-methyl/N-ethyl adjacent to an activating group) is 1. The van der Waals surface area contributed by atoms with E-state index < -0.39 is 0 Å². The lowest BCUT2D eigenvalue weighted by Gasteiger charge is -2.25. The van der Waals surface area contributed by atoms with Crippen LogP contribution in [0.25, 0.3) is 0 Å². The molecule has 1 N–H and O–H groups in total. The van der Waals surface area contributed by atoms with Crippen molar-refractivity contribution < 1.29 is 4.79 Å². The maximum Gasteiger partial charge on any atom is 0.251 e. The van der Waals surface area contributed by atoms with Crippen LogP contribution in [0.3, 0.4) is 0 Å². The maximum atomic E-state index is 12.2. The lowest BCUT2D eigenvalue weighted by atomic mass is 10.1. The number of amides is 1. The number of nitrogens with one attached hydrogen (secondary N) is 1. The van der Waals surface area contributed by atoms with E-state index in [1.807, 2.05) is 50.5 Å². The summed E-state index contributed by atoms with van der Waals surface area (Å²) in [6.45, 7) is 0.507. The minimum Gasteiger partial charge on any atom is -0.350 e. The van der Waals surface area contributed by atoms with E-state index in [4.69, 9.17) is 5.26 Å². The number of rotatable bonds is 5. The van der Waals surface area contributed by atoms with Crippen molar-refractivity contribution in [3.63, 3.8) is 0 Å². The van der Waals surface area contributed by atoms with E-state index in [1.54, 1.807) is 24.3 Å². The fraction of sp³-hybridized carbons (Fsp3) is 0.222. The second-order valence-corrected chi connectivity index (χ2v) is 5.29. The Morgan fingerprint density at radius 1 is 1.18 bits per heavy atom. The summed E-state index contributed by atoms with van der Waals surface area (Å²) in [5.74, 6) is -0.167. The molecule has 0 aliphatic heterocycles. The van der Waals surface area contributed by atoms with Crippen LogP contribution in [-0.4, -0.2) is 31.4 Å². The van der Waals surface area contributed by atoms with Crippen LogP contribution in [0, 0.1) is 11.3 Å². The molecule has 0 aliphatic rings. The molecule has 0 saturated carbocycles. The number of nitrogens with zero attached hydrogens (tertiary/aromatic N) is 2. The van der Waals surface area contributed by atoms with Gasteiger partial charge in [-0.15, -0.1) is 0 Å². The van der Waals surface area contributed by atoms with Crippen molar-refractivity contribution in [3.8, 4) is 6.07 Å². The average molecular weight is 293 g/mol. The number of carbonyl (C=O) groups excluding carboxylic acids is 1. The largest absolute Gasteiger partial charge is 0.350 e. The van der Waals surface area contributed by atoms with E-state index in [-0.39, 0.29) is 11.9 Å². The van der Waals surface area contributed by atoms with Crippen molar-refractivity contribution in [2.24, 2.45) is 0 Å². The average Bonchev–Trinajstić information content (AvgIpc) is 2.55. The van der Waals surface area contributed by atoms with Crippen molar-refractivity contribution in [2.75, 3.05) is 20.6 Å². The third-order valence-electron chi connectivity index (χ3n) is 3.52. The summed E-state index contributed by atoms with van der Waals surface area (Å²) in [6, 6.07) is 18.9. The molecule has 0 unspecified atom stereocenters. The molecular formula is C18H19N3O. The van der Waals surface area contributed by atoms with Crippen molar-refractivity contribution in [2.45, 2.75) is 6.04 Å². The molecule has 4 nitrogen and oxygen atoms in total. The Labute approximate surface area is 131 Å². The highest BCUT2D eigenvalue weighted by molar-refractivity contribution is 5.94. The Balaban J connectivity index is 2.06. The van der Waals surface area contributed by atoms with Gasteiger partial charge in [-0.2, -0.15) is 5.26 Å². The van der Waals surface area contributed by atoms with E-state index in [9.17, 15) is 4.79 Å². The van der Waals surface area contributed by atoms with Crippen LogP contribution in [0.2, 0.25) is 0 Å². The summed E-state index contributed by atoms with van der Waals surface area (Å²) in [6.07, 6.45) is 0. The molecule has 4 heteroatoms. The van der Waals surface area contributed by atoms with Gasteiger partial charge in [-0.25, -0.2) is 0 Å². The summed E-state index contributed by atoms with van der Waals surface area (Å²) in [5.41, 5.74) is 2.14. The van der Waals surface area contributed by atoms with Crippen LogP contribution in [0.5, 0.6) is 0 Å². The summed E-state index contributed by atoms with van der Waals surface area (Å²) >= 11 is 0. The maximum absolute atomic E-state index is 12.2. The molecule has 2 rings (SSSR count). The van der Waals surface area contributed by atoms with E-state index in [2.05, 4.69) is 10.2 Å². The topological polar surface area (TPSA) is 56.1 Å². The summed E-state index contributed by atoms with van der Waals surface area (Å²) in [4.78, 5) is 14.3. The van der Waals surface area contributed by atoms with Gasteiger partial charge in [0.25, 0.3) is 5.91 Å². The highest BCUT2D eigenvalue weighted by Gasteiger charge is 2.15. The molecule has 0 radical (unpaired) electrons. The smallest absolute Gasteiger partial charge is 0.251 e. The van der Waals surface area contributed by atoms with Gasteiger partial charge in [0.05, 0.1) is 17.7 Å². The van der Waals surface area contributed by atoms with Gasteiger partial charge < -0.3 is 10.2 Å². The molecule has 1 amide bonds. The van der Waals surface area contributed by atoms with Crippen LogP contribution in [0.4, 0.5) is 0 Å². The molecule has 0 heterocycles. The highest BCUT2D eigenvalue weighted by atomic mass is 16.1. The second kappa shape index (κ2) is 7.39. The van der Waals surface area contributed by atoms with Gasteiger partial charge in [-0.3, -0.25) is 4.79 Å². The predicted octanol–water partition coefficient (Wildman–Crippen LogP) is 2.59. The van der Waals surface area contributed by atoms with E-state index >= 15 is 0 Å². The lowest BCUT2D eigenvalue weighted by molar-refractivity contribution is 0.0942. The Hall–Kier alpha value is -2.64. The standard InChI is InChI=1S/C18H19N3O/c1-21(2)17(15-8-4-3-5-9-15)13-20-18(22)16-10-6-7-14(11-16)12-19/h3-11,17H,13H2,1-2H3,(H,20,22)/t17-/m1/s1. The summed E-state index contributed by atoms with van der Waals surface area (Å²) in [5, 5.41) is 11.8. The normalized spacial score (nSPS) is 11.7. The minimum atomic E-state index is -0.167. The van der Waals surface area contributed by atoms with Crippen LogP contribution in [0.15, 0.2) is 54.6 Å². The van der Waals surface area contributed by atoms with Crippen LogP contribution in [-0.2, 0) is 0 Å². The summed E-state index contributed by atoms with van der Waals surface area (Å²) < 4.78 is 0. The Morgan fingerprint density at radius 3 is 2.55 bits per heavy atom. The molecule has 0 spiro atoms. The van der Waals surface area contributed by atoms with Gasteiger partial charge in [0.1, 0.15) is 0 Å². The Bertz CT molecular complexity index is 674. The van der Waals surface area contributed by atoms with Gasteiger partial charge in [-0.1, -0.05) is 36.4 Å². The van der Waals surface area contributed by atoms with Gasteiger partial charge in [-0.05, 0) is 37.9 Å². The lowest BCUT2D eigenvalue weighted by Crippen LogP contribution is -2.34. The molecule has 112 valence electrons. The zero-order chi connectivity index (χ0) is 15.9. The van der Waals surface area contributed by atoms with E-state index in [0.717, 1.165) is 5.56 Å².